The molecule has 9 atom stereocenters. The summed E-state index contributed by atoms with van der Waals surface area (Å²) in [5.41, 5.74) is 0. The molecular weight excluding hydrogens is 1020 g/mol. The number of thiol groups is 1. The van der Waals surface area contributed by atoms with Gasteiger partial charge in [0.25, 0.3) is 11.0 Å². The molecule has 0 aliphatic carbocycles. The quantitative estimate of drug-likeness (QED) is 0.0287. The lowest BCUT2D eigenvalue weighted by Crippen LogP contribution is -2.65. The predicted octanol–water partition coefficient (Wildman–Crippen LogP) is -7.59. The van der Waals surface area contributed by atoms with E-state index >= 15 is 0 Å². The van der Waals surface area contributed by atoms with Crippen LogP contribution in [0.25, 0.3) is 0 Å². The van der Waals surface area contributed by atoms with E-state index in [4.69, 9.17) is 23.1 Å². The van der Waals surface area contributed by atoms with E-state index in [1.165, 1.54) is 0 Å². The monoisotopic (exact) mass is 1050 g/mol. The third-order valence-electron chi connectivity index (χ3n) is 5.48. The zero-order valence-corrected chi connectivity index (χ0v) is 33.9. The highest BCUT2D eigenvalue weighted by atomic mass is 32.3. The second-order valence-electron chi connectivity index (χ2n) is 9.66. The predicted molar refractivity (Wildman–Crippen MR) is 163 cm³/mol. The Kier molecular flexibility index (Phi) is 19.2. The van der Waals surface area contributed by atoms with Crippen LogP contribution >= 0.6 is 0 Å². The number of hydrogen-bond acceptors (Lipinski definition) is 29. The molecule has 1 aliphatic heterocycles. The summed E-state index contributed by atoms with van der Waals surface area (Å²) < 4.78 is 329. The Morgan fingerprint density at radius 3 is 1.19 bits per heavy atom. The lowest BCUT2D eigenvalue weighted by molar-refractivity contribution is -0.312. The summed E-state index contributed by atoms with van der Waals surface area (Å²) in [5.74, 6) is 0. The Labute approximate surface area is 327 Å². The SMILES string of the molecule is O=[SH](=O)O[C@H]1[C@H](OS(=O)(=O)O)[C@@H](OS(=O)(=O)O)[C@@H](O[C@@H]([C@H](OS(=O)(=O)O)[C@H](COS(=O)(=O)O)OS(=O)(=O)O)[C@@H](COS(=O)(=O)O)OS(=O)(=O)O)O[C@@H]1COS(=O)(=O)O. The van der Waals surface area contributed by atoms with Gasteiger partial charge in [-0.2, -0.15) is 67.3 Å². The fourth-order valence-corrected chi connectivity index (χ4v) is 7.79. The molecule has 0 amide bonds. The summed E-state index contributed by atoms with van der Waals surface area (Å²) in [6.07, 6.45) is -30.9. The fraction of sp³-hybridized carbons (Fsp3) is 1.00. The summed E-state index contributed by atoms with van der Waals surface area (Å²) in [6.45, 7) is -6.62. The largest absolute Gasteiger partial charge is 0.397 e. The molecule has 0 saturated carbocycles. The molecule has 1 saturated heterocycles. The number of rotatable bonds is 26. The van der Waals surface area contributed by atoms with Crippen molar-refractivity contribution in [1.82, 2.24) is 0 Å². The third-order valence-corrected chi connectivity index (χ3v) is 9.57. The lowest BCUT2D eigenvalue weighted by atomic mass is 9.98. The van der Waals surface area contributed by atoms with Crippen LogP contribution in [0, 0.1) is 0 Å². The molecule has 0 aromatic rings. The molecule has 0 radical (unpaired) electrons. The Hall–Kier alpha value is -1.21. The van der Waals surface area contributed by atoms with Crippen molar-refractivity contribution >= 4 is 94.2 Å². The van der Waals surface area contributed by atoms with E-state index in [-0.39, 0.29) is 0 Å². The minimum absolute atomic E-state index is 1.96. The summed E-state index contributed by atoms with van der Waals surface area (Å²) in [5, 5.41) is 0. The second kappa shape index (κ2) is 20.3. The van der Waals surface area contributed by atoms with Crippen LogP contribution in [0.4, 0.5) is 0 Å². The van der Waals surface area contributed by atoms with Gasteiger partial charge in [0.15, 0.2) is 12.4 Å². The maximum Gasteiger partial charge on any atom is 0.397 e. The lowest BCUT2D eigenvalue weighted by Gasteiger charge is -2.45. The fourth-order valence-electron chi connectivity index (χ4n) is 3.97. The van der Waals surface area contributed by atoms with Gasteiger partial charge in [-0.1, -0.05) is 0 Å². The normalized spacial score (nSPS) is 24.3. The van der Waals surface area contributed by atoms with E-state index in [0.29, 0.717) is 0 Å². The summed E-state index contributed by atoms with van der Waals surface area (Å²) in [7, 11) is -53.7. The van der Waals surface area contributed by atoms with Crippen molar-refractivity contribution in [3.05, 3.63) is 0 Å². The first kappa shape index (κ1) is 54.8. The van der Waals surface area contributed by atoms with E-state index in [2.05, 4.69) is 37.6 Å². The summed E-state index contributed by atoms with van der Waals surface area (Å²) in [6, 6.07) is 0. The third kappa shape index (κ3) is 23.7. The van der Waals surface area contributed by atoms with E-state index in [1.807, 2.05) is 0 Å². The molecule has 0 unspecified atom stereocenters. The molecule has 0 bridgehead atoms. The highest BCUT2D eigenvalue weighted by molar-refractivity contribution is 7.82. The first-order valence-electron chi connectivity index (χ1n) is 12.8. The van der Waals surface area contributed by atoms with E-state index in [1.54, 1.807) is 0 Å². The Balaban J connectivity index is 4.53. The van der Waals surface area contributed by atoms with Gasteiger partial charge in [-0.3, -0.25) is 40.6 Å². The van der Waals surface area contributed by atoms with Crippen molar-refractivity contribution in [3.63, 3.8) is 0 Å². The van der Waals surface area contributed by atoms with Crippen LogP contribution in [0.5, 0.6) is 0 Å². The van der Waals surface area contributed by atoms with Crippen molar-refractivity contribution in [2.75, 3.05) is 19.8 Å². The number of hydrogen-bond donors (Lipinski definition) is 9. The molecule has 1 rings (SSSR count). The average Bonchev–Trinajstić information content (AvgIpc) is 2.92. The molecule has 1 aliphatic rings. The molecule has 0 aromatic carbocycles. The van der Waals surface area contributed by atoms with Crippen LogP contribution in [0.15, 0.2) is 0 Å². The van der Waals surface area contributed by atoms with Crippen LogP contribution in [0.3, 0.4) is 0 Å². The highest BCUT2D eigenvalue weighted by Crippen LogP contribution is 2.34. The molecule has 37 nitrogen and oxygen atoms in total. The summed E-state index contributed by atoms with van der Waals surface area (Å²) in [4.78, 5) is 0. The van der Waals surface area contributed by atoms with Crippen LogP contribution in [-0.2, 0) is 141 Å². The van der Waals surface area contributed by atoms with Crippen molar-refractivity contribution < 1.29 is 159 Å². The van der Waals surface area contributed by atoms with Gasteiger partial charge in [-0.25, -0.2) is 41.9 Å². The van der Waals surface area contributed by atoms with Gasteiger partial charge in [0.2, 0.25) is 0 Å². The topological polar surface area (TPSA) is 571 Å². The van der Waals surface area contributed by atoms with Crippen molar-refractivity contribution in [2.24, 2.45) is 0 Å². The molecular formula is C12H24O37S9. The molecule has 348 valence electrons. The van der Waals surface area contributed by atoms with Gasteiger partial charge in [-0.05, 0) is 0 Å². The van der Waals surface area contributed by atoms with Crippen LogP contribution in [-0.4, -0.2) is 187 Å². The van der Waals surface area contributed by atoms with Crippen LogP contribution in [0.2, 0.25) is 0 Å². The standard InChI is InChI=1S/C12H24O37S9/c13-50(14)44-8-4(1-39-51(15,16)17)42-12(11(49-58(36,37)38)10(8)48-57(33,34)35)43-7(5(45-54(24,25)26)2-40-52(18,19)20)9(47-56(30,31)32)6(46-55(27,28)29)3-41-53(21,22)23/h4-12,50H,1-3H2,(H,15,16,17)(H,18,19,20)(H,21,22,23)(H,24,25,26)(H,27,28,29)(H,30,31,32)(H,33,34,35)(H,36,37,38)/t4-,5-,6+,7-,8-,9-,10+,11-,12-/m1/s1. The van der Waals surface area contributed by atoms with E-state index in [9.17, 15) is 98.5 Å². The zero-order chi connectivity index (χ0) is 45.7. The van der Waals surface area contributed by atoms with Crippen molar-refractivity contribution in [3.8, 4) is 0 Å². The zero-order valence-electron chi connectivity index (χ0n) is 26.4. The van der Waals surface area contributed by atoms with Crippen LogP contribution in [0.1, 0.15) is 0 Å². The minimum Gasteiger partial charge on any atom is -0.341 e. The van der Waals surface area contributed by atoms with Gasteiger partial charge in [0.05, 0.1) is 19.8 Å². The van der Waals surface area contributed by atoms with Gasteiger partial charge in [0, 0.05) is 0 Å². The summed E-state index contributed by atoms with van der Waals surface area (Å²) >= 11 is 0. The Morgan fingerprint density at radius 2 is 0.845 bits per heavy atom. The van der Waals surface area contributed by atoms with Gasteiger partial charge in [0.1, 0.15) is 42.7 Å². The average molecular weight is 1050 g/mol. The maximum atomic E-state index is 11.9. The van der Waals surface area contributed by atoms with Gasteiger partial charge in [-0.15, -0.1) is 0 Å². The van der Waals surface area contributed by atoms with Gasteiger partial charge >= 0.3 is 83.2 Å². The Morgan fingerprint density at radius 1 is 0.466 bits per heavy atom. The molecule has 0 spiro atoms. The molecule has 46 heteroatoms. The molecule has 1 fully saturated rings. The highest BCUT2D eigenvalue weighted by Gasteiger charge is 2.56. The van der Waals surface area contributed by atoms with Crippen LogP contribution < -0.4 is 0 Å². The van der Waals surface area contributed by atoms with E-state index < -0.39 is 169 Å². The second-order valence-corrected chi connectivity index (χ2v) is 18.8. The van der Waals surface area contributed by atoms with Gasteiger partial charge < -0.3 is 9.47 Å². The molecule has 58 heavy (non-hydrogen) atoms. The first-order chi connectivity index (χ1) is 25.5. The van der Waals surface area contributed by atoms with Crippen molar-refractivity contribution in [2.45, 2.75) is 55.1 Å². The van der Waals surface area contributed by atoms with E-state index in [0.717, 1.165) is 0 Å². The molecule has 1 heterocycles. The maximum absolute atomic E-state index is 11.9. The van der Waals surface area contributed by atoms with Crippen molar-refractivity contribution in [1.29, 1.82) is 0 Å². The minimum atomic E-state index is -6.45. The Bertz CT molecular complexity index is 2390. The number of ether oxygens (including phenoxy) is 2. The first-order valence-corrected chi connectivity index (χ1v) is 24.8. The molecule has 0 aromatic heterocycles. The smallest absolute Gasteiger partial charge is 0.341 e. The molecule has 8 N–H and O–H groups in total.